The lowest BCUT2D eigenvalue weighted by Gasteiger charge is -2.03. The predicted molar refractivity (Wildman–Crippen MR) is 65.6 cm³/mol. The van der Waals surface area contributed by atoms with Crippen LogP contribution in [0.15, 0.2) is 35.9 Å². The van der Waals surface area contributed by atoms with Crippen LogP contribution >= 0.6 is 0 Å². The van der Waals surface area contributed by atoms with E-state index in [1.807, 2.05) is 18.2 Å². The third-order valence-corrected chi connectivity index (χ3v) is 2.47. The molecular formula is C14H20O. The molecule has 0 aliphatic heterocycles. The van der Waals surface area contributed by atoms with Crippen molar-refractivity contribution < 1.29 is 5.11 Å². The number of benzene rings is 1. The topological polar surface area (TPSA) is 20.2 Å². The number of unbranched alkanes of at least 4 members (excludes halogenated alkanes) is 2. The maximum atomic E-state index is 9.22. The van der Waals surface area contributed by atoms with E-state index in [-0.39, 0.29) is 6.61 Å². The standard InChI is InChI=1S/C14H20O/c1-2-3-5-10-14(12-15)11-13-8-6-4-7-9-13/h4,6-9,11,15H,2-3,5,10,12H2,1H3/b14-11+. The second-order valence-electron chi connectivity index (χ2n) is 3.83. The molecule has 1 rings (SSSR count). The van der Waals surface area contributed by atoms with Crippen LogP contribution in [0.5, 0.6) is 0 Å². The molecule has 0 saturated heterocycles. The molecule has 0 fully saturated rings. The number of hydrogen-bond donors (Lipinski definition) is 1. The van der Waals surface area contributed by atoms with E-state index in [0.717, 1.165) is 12.0 Å². The summed E-state index contributed by atoms with van der Waals surface area (Å²) in [6, 6.07) is 10.2. The van der Waals surface area contributed by atoms with Gasteiger partial charge in [-0.05, 0) is 24.0 Å². The van der Waals surface area contributed by atoms with E-state index < -0.39 is 0 Å². The van der Waals surface area contributed by atoms with Crippen LogP contribution in [0.3, 0.4) is 0 Å². The molecule has 1 nitrogen and oxygen atoms in total. The quantitative estimate of drug-likeness (QED) is 0.701. The van der Waals surface area contributed by atoms with Crippen LogP contribution in [0, 0.1) is 0 Å². The molecule has 0 unspecified atom stereocenters. The van der Waals surface area contributed by atoms with Gasteiger partial charge in [-0.1, -0.05) is 56.2 Å². The first-order chi connectivity index (χ1) is 7.36. The first-order valence-electron chi connectivity index (χ1n) is 5.72. The van der Waals surface area contributed by atoms with Gasteiger partial charge in [0.2, 0.25) is 0 Å². The van der Waals surface area contributed by atoms with Crippen molar-refractivity contribution >= 4 is 6.08 Å². The molecule has 0 bridgehead atoms. The lowest BCUT2D eigenvalue weighted by molar-refractivity contribution is 0.326. The molecule has 82 valence electrons. The van der Waals surface area contributed by atoms with E-state index >= 15 is 0 Å². The van der Waals surface area contributed by atoms with Gasteiger partial charge in [0.1, 0.15) is 0 Å². The molecule has 0 heterocycles. The van der Waals surface area contributed by atoms with Crippen LogP contribution in [0.25, 0.3) is 6.08 Å². The van der Waals surface area contributed by atoms with Gasteiger partial charge in [0.05, 0.1) is 6.61 Å². The Morgan fingerprint density at radius 3 is 2.53 bits per heavy atom. The monoisotopic (exact) mass is 204 g/mol. The van der Waals surface area contributed by atoms with E-state index in [4.69, 9.17) is 0 Å². The Labute approximate surface area is 92.5 Å². The molecule has 1 heteroatoms. The summed E-state index contributed by atoms with van der Waals surface area (Å²) in [5, 5.41) is 9.22. The van der Waals surface area contributed by atoms with Gasteiger partial charge in [-0.25, -0.2) is 0 Å². The summed E-state index contributed by atoms with van der Waals surface area (Å²) in [5.74, 6) is 0. The number of aliphatic hydroxyl groups excluding tert-OH is 1. The molecule has 0 atom stereocenters. The van der Waals surface area contributed by atoms with Crippen LogP contribution in [0.2, 0.25) is 0 Å². The van der Waals surface area contributed by atoms with Crippen molar-refractivity contribution in [2.75, 3.05) is 6.61 Å². The van der Waals surface area contributed by atoms with Crippen molar-refractivity contribution in [1.82, 2.24) is 0 Å². The van der Waals surface area contributed by atoms with Crippen molar-refractivity contribution in [2.45, 2.75) is 32.6 Å². The Hall–Kier alpha value is -1.08. The molecule has 0 aliphatic carbocycles. The smallest absolute Gasteiger partial charge is 0.0645 e. The fourth-order valence-corrected chi connectivity index (χ4v) is 1.58. The average Bonchev–Trinajstić information content (AvgIpc) is 2.29. The minimum atomic E-state index is 0.179. The molecule has 1 N–H and O–H groups in total. The summed E-state index contributed by atoms with van der Waals surface area (Å²) in [4.78, 5) is 0. The largest absolute Gasteiger partial charge is 0.392 e. The summed E-state index contributed by atoms with van der Waals surface area (Å²) in [7, 11) is 0. The lowest BCUT2D eigenvalue weighted by Crippen LogP contribution is -1.91. The summed E-state index contributed by atoms with van der Waals surface area (Å²) in [6.07, 6.45) is 6.75. The van der Waals surface area contributed by atoms with Crippen LogP contribution < -0.4 is 0 Å². The van der Waals surface area contributed by atoms with Crippen molar-refractivity contribution in [3.63, 3.8) is 0 Å². The lowest BCUT2D eigenvalue weighted by atomic mass is 10.1. The Balaban J connectivity index is 2.54. The maximum Gasteiger partial charge on any atom is 0.0645 e. The highest BCUT2D eigenvalue weighted by Gasteiger charge is 1.96. The van der Waals surface area contributed by atoms with Gasteiger partial charge in [-0.3, -0.25) is 0 Å². The Morgan fingerprint density at radius 1 is 1.20 bits per heavy atom. The molecule has 1 aromatic carbocycles. The van der Waals surface area contributed by atoms with Gasteiger partial charge in [0.15, 0.2) is 0 Å². The van der Waals surface area contributed by atoms with Gasteiger partial charge in [0, 0.05) is 0 Å². The summed E-state index contributed by atoms with van der Waals surface area (Å²) in [5.41, 5.74) is 2.31. The zero-order valence-corrected chi connectivity index (χ0v) is 9.45. The van der Waals surface area contributed by atoms with Gasteiger partial charge in [0.25, 0.3) is 0 Å². The third-order valence-electron chi connectivity index (χ3n) is 2.47. The van der Waals surface area contributed by atoms with Crippen molar-refractivity contribution in [3.05, 3.63) is 41.5 Å². The molecule has 1 aromatic rings. The van der Waals surface area contributed by atoms with E-state index in [0.29, 0.717) is 0 Å². The number of rotatable bonds is 6. The highest BCUT2D eigenvalue weighted by molar-refractivity contribution is 5.52. The molecule has 0 radical (unpaired) electrons. The Morgan fingerprint density at radius 2 is 1.93 bits per heavy atom. The highest BCUT2D eigenvalue weighted by Crippen LogP contribution is 2.12. The minimum Gasteiger partial charge on any atom is -0.392 e. The SMILES string of the molecule is CCCCC/C(=C\c1ccccc1)CO. The molecule has 15 heavy (non-hydrogen) atoms. The summed E-state index contributed by atoms with van der Waals surface area (Å²) >= 11 is 0. The zero-order chi connectivity index (χ0) is 10.9. The van der Waals surface area contributed by atoms with Crippen LogP contribution in [-0.2, 0) is 0 Å². The fourth-order valence-electron chi connectivity index (χ4n) is 1.58. The molecule has 0 saturated carbocycles. The van der Waals surface area contributed by atoms with E-state index in [1.54, 1.807) is 0 Å². The van der Waals surface area contributed by atoms with Crippen molar-refractivity contribution in [2.24, 2.45) is 0 Å². The van der Waals surface area contributed by atoms with Crippen molar-refractivity contribution in [1.29, 1.82) is 0 Å². The Kier molecular flexibility index (Phi) is 5.79. The molecule has 0 amide bonds. The van der Waals surface area contributed by atoms with Gasteiger partial charge in [-0.15, -0.1) is 0 Å². The van der Waals surface area contributed by atoms with E-state index in [9.17, 15) is 5.11 Å². The molecule has 0 aliphatic rings. The van der Waals surface area contributed by atoms with Gasteiger partial charge in [-0.2, -0.15) is 0 Å². The summed E-state index contributed by atoms with van der Waals surface area (Å²) < 4.78 is 0. The predicted octanol–water partition coefficient (Wildman–Crippen LogP) is 3.64. The minimum absolute atomic E-state index is 0.179. The molecule has 0 spiro atoms. The summed E-state index contributed by atoms with van der Waals surface area (Å²) in [6.45, 7) is 2.37. The third kappa shape index (κ3) is 4.80. The van der Waals surface area contributed by atoms with Gasteiger partial charge < -0.3 is 5.11 Å². The van der Waals surface area contributed by atoms with E-state index in [2.05, 4.69) is 25.1 Å². The first-order valence-corrected chi connectivity index (χ1v) is 5.72. The normalized spacial score (nSPS) is 11.7. The van der Waals surface area contributed by atoms with Gasteiger partial charge >= 0.3 is 0 Å². The number of aliphatic hydroxyl groups is 1. The number of hydrogen-bond acceptors (Lipinski definition) is 1. The fraction of sp³-hybridized carbons (Fsp3) is 0.429. The second kappa shape index (κ2) is 7.24. The Bertz CT molecular complexity index is 287. The average molecular weight is 204 g/mol. The van der Waals surface area contributed by atoms with Crippen molar-refractivity contribution in [3.8, 4) is 0 Å². The van der Waals surface area contributed by atoms with Crippen LogP contribution in [-0.4, -0.2) is 11.7 Å². The maximum absolute atomic E-state index is 9.22. The van der Waals surface area contributed by atoms with Crippen LogP contribution in [0.1, 0.15) is 38.2 Å². The van der Waals surface area contributed by atoms with E-state index in [1.165, 1.54) is 24.8 Å². The highest BCUT2D eigenvalue weighted by atomic mass is 16.3. The first kappa shape index (κ1) is 12.0. The molecular weight excluding hydrogens is 184 g/mol. The second-order valence-corrected chi connectivity index (χ2v) is 3.83. The zero-order valence-electron chi connectivity index (χ0n) is 9.45. The molecule has 0 aromatic heterocycles. The van der Waals surface area contributed by atoms with Crippen LogP contribution in [0.4, 0.5) is 0 Å².